The van der Waals surface area contributed by atoms with Gasteiger partial charge in [0.2, 0.25) is 6.41 Å². The summed E-state index contributed by atoms with van der Waals surface area (Å²) in [5.74, 6) is -0.970. The van der Waals surface area contributed by atoms with E-state index in [1.165, 1.54) is 12.2 Å². The summed E-state index contributed by atoms with van der Waals surface area (Å²) < 4.78 is 0. The molecule has 0 unspecified atom stereocenters. The zero-order chi connectivity index (χ0) is 10.4. The normalized spacial score (nSPS) is 14.9. The third-order valence-electron chi connectivity index (χ3n) is 1.64. The van der Waals surface area contributed by atoms with Crippen molar-refractivity contribution in [3.05, 3.63) is 35.6 Å². The van der Waals surface area contributed by atoms with E-state index < -0.39 is 5.97 Å². The van der Waals surface area contributed by atoms with Crippen LogP contribution < -0.4 is 10.9 Å². The molecule has 1 amide bonds. The lowest BCUT2D eigenvalue weighted by Gasteiger charge is -2.04. The minimum absolute atomic E-state index is 0.216. The lowest BCUT2D eigenvalue weighted by molar-refractivity contribution is -0.132. The highest BCUT2D eigenvalue weighted by molar-refractivity contribution is 5.90. The fourth-order valence-corrected chi connectivity index (χ4v) is 0.984. The molecule has 5 nitrogen and oxygen atoms in total. The average molecular weight is 194 g/mol. The van der Waals surface area contributed by atoms with Gasteiger partial charge in [-0.1, -0.05) is 12.2 Å². The van der Waals surface area contributed by atoms with Crippen LogP contribution in [-0.4, -0.2) is 17.5 Å². The van der Waals surface area contributed by atoms with Crippen LogP contribution in [0.25, 0.3) is 0 Å². The Hall–Kier alpha value is -2.04. The van der Waals surface area contributed by atoms with Crippen LogP contribution in [-0.2, 0) is 9.59 Å². The van der Waals surface area contributed by atoms with Gasteiger partial charge in [0.1, 0.15) is 0 Å². The molecule has 14 heavy (non-hydrogen) atoms. The van der Waals surface area contributed by atoms with Crippen LogP contribution in [0.15, 0.2) is 35.6 Å². The molecular weight excluding hydrogens is 184 g/mol. The quantitative estimate of drug-likeness (QED) is 0.438. The molecule has 0 fully saturated rings. The van der Waals surface area contributed by atoms with Gasteiger partial charge in [0.05, 0.1) is 5.57 Å². The smallest absolute Gasteiger partial charge is 0.335 e. The topological polar surface area (TPSA) is 78.4 Å². The summed E-state index contributed by atoms with van der Waals surface area (Å²) in [6.07, 6.45) is 7.37. The van der Waals surface area contributed by atoms with E-state index in [1.54, 1.807) is 12.2 Å². The molecule has 0 aliphatic heterocycles. The van der Waals surface area contributed by atoms with Gasteiger partial charge in [0.15, 0.2) is 0 Å². The maximum Gasteiger partial charge on any atom is 0.335 e. The third kappa shape index (κ3) is 2.78. The third-order valence-corrected chi connectivity index (χ3v) is 1.64. The second-order valence-corrected chi connectivity index (χ2v) is 2.61. The fraction of sp³-hybridized carbons (Fsp3) is 0.111. The molecule has 0 saturated heterocycles. The van der Waals surface area contributed by atoms with Gasteiger partial charge in [0, 0.05) is 12.1 Å². The molecular formula is C9H10N2O3. The van der Waals surface area contributed by atoms with Crippen LogP contribution >= 0.6 is 0 Å². The Morgan fingerprint density at radius 2 is 2.29 bits per heavy atom. The number of aliphatic carboxylic acids is 1. The van der Waals surface area contributed by atoms with E-state index in [9.17, 15) is 9.59 Å². The van der Waals surface area contributed by atoms with Gasteiger partial charge in [-0.3, -0.25) is 10.2 Å². The Bertz CT molecular complexity index is 329. The van der Waals surface area contributed by atoms with Crippen LogP contribution in [0, 0.1) is 0 Å². The van der Waals surface area contributed by atoms with E-state index in [-0.39, 0.29) is 5.57 Å². The van der Waals surface area contributed by atoms with Gasteiger partial charge >= 0.3 is 5.97 Å². The number of hydrogen-bond acceptors (Lipinski definition) is 3. The average Bonchev–Trinajstić information content (AvgIpc) is 2.39. The number of carboxylic acid groups (broad SMARTS) is 1. The van der Waals surface area contributed by atoms with E-state index in [2.05, 4.69) is 10.9 Å². The summed E-state index contributed by atoms with van der Waals surface area (Å²) >= 11 is 0. The molecule has 0 radical (unpaired) electrons. The Morgan fingerprint density at radius 3 is 2.93 bits per heavy atom. The van der Waals surface area contributed by atoms with Crippen molar-refractivity contribution < 1.29 is 14.7 Å². The molecule has 1 aliphatic rings. The Kier molecular flexibility index (Phi) is 3.49. The number of hydrazine groups is 1. The van der Waals surface area contributed by atoms with Crippen LogP contribution in [0.1, 0.15) is 6.42 Å². The molecule has 0 aromatic heterocycles. The SMILES string of the molecule is O=CNNC1=CC=C(C(=O)O)C=CC1. The number of carbonyl (C=O) groups is 2. The summed E-state index contributed by atoms with van der Waals surface area (Å²) in [6, 6.07) is 0. The molecule has 0 aromatic rings. The van der Waals surface area contributed by atoms with E-state index in [4.69, 9.17) is 5.11 Å². The molecule has 3 N–H and O–H groups in total. The van der Waals surface area contributed by atoms with E-state index in [0.29, 0.717) is 12.8 Å². The highest BCUT2D eigenvalue weighted by atomic mass is 16.4. The molecule has 0 saturated carbocycles. The van der Waals surface area contributed by atoms with Crippen LogP contribution in [0.2, 0.25) is 0 Å². The predicted molar refractivity (Wildman–Crippen MR) is 49.9 cm³/mol. The van der Waals surface area contributed by atoms with Crippen molar-refractivity contribution in [2.45, 2.75) is 6.42 Å². The van der Waals surface area contributed by atoms with Gasteiger partial charge < -0.3 is 10.5 Å². The maximum absolute atomic E-state index is 10.6. The second kappa shape index (κ2) is 4.86. The molecule has 5 heteroatoms. The van der Waals surface area contributed by atoms with Crippen molar-refractivity contribution >= 4 is 12.4 Å². The van der Waals surface area contributed by atoms with Crippen molar-refractivity contribution in [1.82, 2.24) is 10.9 Å². The lowest BCUT2D eigenvalue weighted by Crippen LogP contribution is -2.29. The zero-order valence-electron chi connectivity index (χ0n) is 7.36. The monoisotopic (exact) mass is 194 g/mol. The Labute approximate surface area is 80.8 Å². The predicted octanol–water partition coefficient (Wildman–Crippen LogP) is 0.0918. The number of hydrogen-bond donors (Lipinski definition) is 3. The molecule has 0 spiro atoms. The fourth-order valence-electron chi connectivity index (χ4n) is 0.984. The highest BCUT2D eigenvalue weighted by Gasteiger charge is 2.04. The molecule has 0 atom stereocenters. The Morgan fingerprint density at radius 1 is 1.50 bits per heavy atom. The van der Waals surface area contributed by atoms with Crippen LogP contribution in [0.4, 0.5) is 0 Å². The van der Waals surface area contributed by atoms with Crippen LogP contribution in [0.5, 0.6) is 0 Å². The van der Waals surface area contributed by atoms with Crippen molar-refractivity contribution in [1.29, 1.82) is 0 Å². The lowest BCUT2D eigenvalue weighted by atomic mass is 10.2. The first-order chi connectivity index (χ1) is 6.74. The van der Waals surface area contributed by atoms with E-state index in [0.717, 1.165) is 5.70 Å². The first kappa shape index (κ1) is 10.0. The summed E-state index contributed by atoms with van der Waals surface area (Å²) in [5, 5.41) is 8.68. The Balaban J connectivity index is 2.70. The van der Waals surface area contributed by atoms with Crippen molar-refractivity contribution in [3.8, 4) is 0 Å². The van der Waals surface area contributed by atoms with Gasteiger partial charge in [-0.05, 0) is 12.2 Å². The van der Waals surface area contributed by atoms with Crippen molar-refractivity contribution in [2.24, 2.45) is 0 Å². The minimum atomic E-state index is -0.970. The zero-order valence-corrected chi connectivity index (χ0v) is 7.36. The minimum Gasteiger partial charge on any atom is -0.478 e. The van der Waals surface area contributed by atoms with Gasteiger partial charge in [-0.2, -0.15) is 0 Å². The largest absolute Gasteiger partial charge is 0.478 e. The number of carboxylic acids is 1. The second-order valence-electron chi connectivity index (χ2n) is 2.61. The highest BCUT2D eigenvalue weighted by Crippen LogP contribution is 2.08. The number of amides is 1. The first-order valence-electron chi connectivity index (χ1n) is 4.00. The van der Waals surface area contributed by atoms with E-state index >= 15 is 0 Å². The molecule has 0 bridgehead atoms. The molecule has 0 aromatic carbocycles. The van der Waals surface area contributed by atoms with Crippen LogP contribution in [0.3, 0.4) is 0 Å². The van der Waals surface area contributed by atoms with Crippen molar-refractivity contribution in [3.63, 3.8) is 0 Å². The maximum atomic E-state index is 10.6. The van der Waals surface area contributed by atoms with Gasteiger partial charge in [0.25, 0.3) is 0 Å². The first-order valence-corrected chi connectivity index (χ1v) is 4.00. The molecule has 74 valence electrons. The van der Waals surface area contributed by atoms with Gasteiger partial charge in [-0.25, -0.2) is 4.79 Å². The summed E-state index contributed by atoms with van der Waals surface area (Å²) in [6.45, 7) is 0. The number of nitrogens with one attached hydrogen (secondary N) is 2. The standard InChI is InChI=1S/C9H10N2O3/c12-6-10-11-8-3-1-2-7(4-5-8)9(13)14/h1-2,4-6,11H,3H2,(H,10,12)(H,13,14). The number of carbonyl (C=O) groups excluding carboxylic acids is 1. The van der Waals surface area contributed by atoms with E-state index in [1.807, 2.05) is 0 Å². The number of allylic oxidation sites excluding steroid dienone is 3. The van der Waals surface area contributed by atoms with Crippen molar-refractivity contribution in [2.75, 3.05) is 0 Å². The van der Waals surface area contributed by atoms with Gasteiger partial charge in [-0.15, -0.1) is 0 Å². The summed E-state index contributed by atoms with van der Waals surface area (Å²) in [5.41, 5.74) is 5.85. The number of rotatable bonds is 4. The summed E-state index contributed by atoms with van der Waals surface area (Å²) in [7, 11) is 0. The molecule has 1 rings (SSSR count). The summed E-state index contributed by atoms with van der Waals surface area (Å²) in [4.78, 5) is 20.6. The molecule has 0 heterocycles. The molecule has 1 aliphatic carbocycles.